The van der Waals surface area contributed by atoms with Crippen LogP contribution >= 0.6 is 11.3 Å². The Hall–Kier alpha value is -1.35. The quantitative estimate of drug-likeness (QED) is 0.891. The molecular formula is C16H20N2S. The van der Waals surface area contributed by atoms with E-state index >= 15 is 0 Å². The van der Waals surface area contributed by atoms with Crippen LogP contribution in [0.15, 0.2) is 30.3 Å². The van der Waals surface area contributed by atoms with E-state index in [1.54, 1.807) is 11.3 Å². The molecular weight excluding hydrogens is 252 g/mol. The molecule has 0 saturated heterocycles. The molecule has 1 saturated carbocycles. The fourth-order valence-corrected chi connectivity index (χ4v) is 4.02. The molecule has 1 heterocycles. The number of thiazole rings is 1. The normalized spacial score (nSPS) is 17.7. The largest absolute Gasteiger partial charge is 0.389 e. The SMILES string of the molecule is CC(c1ccccc1)c1nc(C2CCCC2)sc1N. The molecule has 0 aliphatic heterocycles. The Labute approximate surface area is 118 Å². The summed E-state index contributed by atoms with van der Waals surface area (Å²) < 4.78 is 0. The minimum absolute atomic E-state index is 0.285. The summed E-state index contributed by atoms with van der Waals surface area (Å²) in [6, 6.07) is 10.5. The number of nitrogen functional groups attached to an aromatic ring is 1. The Bertz CT molecular complexity index is 541. The summed E-state index contributed by atoms with van der Waals surface area (Å²) in [6.45, 7) is 2.19. The molecule has 3 rings (SSSR count). The Balaban J connectivity index is 1.88. The molecule has 0 radical (unpaired) electrons. The van der Waals surface area contributed by atoms with E-state index in [4.69, 9.17) is 10.7 Å². The third-order valence-electron chi connectivity index (χ3n) is 4.11. The molecule has 100 valence electrons. The smallest absolute Gasteiger partial charge is 0.110 e. The van der Waals surface area contributed by atoms with Gasteiger partial charge in [-0.05, 0) is 18.4 Å². The van der Waals surface area contributed by atoms with Crippen LogP contribution in [0.2, 0.25) is 0 Å². The number of aromatic nitrogens is 1. The number of rotatable bonds is 3. The lowest BCUT2D eigenvalue weighted by Crippen LogP contribution is -2.00. The minimum atomic E-state index is 0.285. The van der Waals surface area contributed by atoms with E-state index in [9.17, 15) is 0 Å². The Morgan fingerprint density at radius 1 is 1.21 bits per heavy atom. The summed E-state index contributed by atoms with van der Waals surface area (Å²) in [5.41, 5.74) is 8.56. The number of hydrogen-bond donors (Lipinski definition) is 1. The second-order valence-corrected chi connectivity index (χ2v) is 6.48. The number of nitrogens with zero attached hydrogens (tertiary/aromatic N) is 1. The van der Waals surface area contributed by atoms with E-state index in [-0.39, 0.29) is 5.92 Å². The van der Waals surface area contributed by atoms with Crippen LogP contribution in [0.5, 0.6) is 0 Å². The van der Waals surface area contributed by atoms with Crippen molar-refractivity contribution in [3.05, 3.63) is 46.6 Å². The lowest BCUT2D eigenvalue weighted by Gasteiger charge is -2.10. The van der Waals surface area contributed by atoms with Gasteiger partial charge in [0.2, 0.25) is 0 Å². The number of hydrogen-bond acceptors (Lipinski definition) is 3. The molecule has 1 unspecified atom stereocenters. The van der Waals surface area contributed by atoms with Crippen molar-refractivity contribution in [3.8, 4) is 0 Å². The lowest BCUT2D eigenvalue weighted by molar-refractivity contribution is 0.708. The summed E-state index contributed by atoms with van der Waals surface area (Å²) in [6.07, 6.45) is 5.25. The molecule has 19 heavy (non-hydrogen) atoms. The van der Waals surface area contributed by atoms with Gasteiger partial charge in [-0.3, -0.25) is 0 Å². The van der Waals surface area contributed by atoms with Crippen LogP contribution in [0.3, 0.4) is 0 Å². The number of benzene rings is 1. The number of nitrogens with two attached hydrogens (primary N) is 1. The van der Waals surface area contributed by atoms with Gasteiger partial charge in [0, 0.05) is 11.8 Å². The van der Waals surface area contributed by atoms with Crippen LogP contribution in [0.4, 0.5) is 5.00 Å². The fraction of sp³-hybridized carbons (Fsp3) is 0.438. The van der Waals surface area contributed by atoms with Crippen molar-refractivity contribution in [2.45, 2.75) is 44.4 Å². The molecule has 1 aromatic carbocycles. The van der Waals surface area contributed by atoms with Crippen LogP contribution < -0.4 is 5.73 Å². The van der Waals surface area contributed by atoms with Gasteiger partial charge in [-0.15, -0.1) is 11.3 Å². The van der Waals surface area contributed by atoms with Crippen LogP contribution in [-0.2, 0) is 0 Å². The van der Waals surface area contributed by atoms with Crippen molar-refractivity contribution in [2.75, 3.05) is 5.73 Å². The standard InChI is InChI=1S/C16H20N2S/c1-11(12-7-3-2-4-8-12)14-15(17)19-16(18-14)13-9-5-6-10-13/h2-4,7-8,11,13H,5-6,9-10,17H2,1H3. The number of anilines is 1. The molecule has 2 aromatic rings. The minimum Gasteiger partial charge on any atom is -0.389 e. The van der Waals surface area contributed by atoms with Crippen molar-refractivity contribution < 1.29 is 0 Å². The van der Waals surface area contributed by atoms with E-state index in [0.29, 0.717) is 5.92 Å². The summed E-state index contributed by atoms with van der Waals surface area (Å²) in [5, 5.41) is 2.16. The predicted octanol–water partition coefficient (Wildman–Crippen LogP) is 4.53. The van der Waals surface area contributed by atoms with Gasteiger partial charge in [0.05, 0.1) is 10.7 Å². The average molecular weight is 272 g/mol. The molecule has 1 aromatic heterocycles. The summed E-state index contributed by atoms with van der Waals surface area (Å²) >= 11 is 1.70. The Kier molecular flexibility index (Phi) is 3.56. The molecule has 2 N–H and O–H groups in total. The second kappa shape index (κ2) is 5.33. The van der Waals surface area contributed by atoms with Gasteiger partial charge in [0.25, 0.3) is 0 Å². The van der Waals surface area contributed by atoms with Crippen LogP contribution in [0.1, 0.15) is 60.7 Å². The van der Waals surface area contributed by atoms with Gasteiger partial charge < -0.3 is 5.73 Å². The van der Waals surface area contributed by atoms with E-state index < -0.39 is 0 Å². The van der Waals surface area contributed by atoms with Gasteiger partial charge in [0.15, 0.2) is 0 Å². The zero-order valence-corrected chi connectivity index (χ0v) is 12.1. The van der Waals surface area contributed by atoms with Gasteiger partial charge in [0.1, 0.15) is 5.00 Å². The van der Waals surface area contributed by atoms with Gasteiger partial charge in [-0.25, -0.2) is 4.98 Å². The first-order valence-electron chi connectivity index (χ1n) is 7.06. The monoisotopic (exact) mass is 272 g/mol. The van der Waals surface area contributed by atoms with Crippen molar-refractivity contribution in [2.24, 2.45) is 0 Å². The first kappa shape index (κ1) is 12.7. The maximum atomic E-state index is 6.20. The molecule has 0 amide bonds. The lowest BCUT2D eigenvalue weighted by atomic mass is 9.98. The highest BCUT2D eigenvalue weighted by Crippen LogP contribution is 2.40. The predicted molar refractivity (Wildman–Crippen MR) is 81.7 cm³/mol. The molecule has 2 nitrogen and oxygen atoms in total. The maximum Gasteiger partial charge on any atom is 0.110 e. The van der Waals surface area contributed by atoms with Crippen LogP contribution in [0, 0.1) is 0 Å². The van der Waals surface area contributed by atoms with E-state index in [1.807, 2.05) is 6.07 Å². The Morgan fingerprint density at radius 3 is 2.58 bits per heavy atom. The second-order valence-electron chi connectivity index (χ2n) is 5.42. The topological polar surface area (TPSA) is 38.9 Å². The molecule has 1 atom stereocenters. The third-order valence-corrected chi connectivity index (χ3v) is 5.17. The molecule has 3 heteroatoms. The van der Waals surface area contributed by atoms with Crippen molar-refractivity contribution in [3.63, 3.8) is 0 Å². The first-order valence-corrected chi connectivity index (χ1v) is 7.88. The van der Waals surface area contributed by atoms with Gasteiger partial charge >= 0.3 is 0 Å². The fourth-order valence-electron chi connectivity index (χ4n) is 2.92. The molecule has 1 aliphatic carbocycles. The van der Waals surface area contributed by atoms with Crippen molar-refractivity contribution >= 4 is 16.3 Å². The van der Waals surface area contributed by atoms with Crippen molar-refractivity contribution in [1.29, 1.82) is 0 Å². The summed E-state index contributed by atoms with van der Waals surface area (Å²) in [4.78, 5) is 4.86. The zero-order chi connectivity index (χ0) is 13.2. The molecule has 0 spiro atoms. The highest BCUT2D eigenvalue weighted by atomic mass is 32.1. The van der Waals surface area contributed by atoms with Gasteiger partial charge in [-0.2, -0.15) is 0 Å². The van der Waals surface area contributed by atoms with E-state index in [1.165, 1.54) is 36.3 Å². The van der Waals surface area contributed by atoms with Gasteiger partial charge in [-0.1, -0.05) is 50.1 Å². The Morgan fingerprint density at radius 2 is 1.89 bits per heavy atom. The van der Waals surface area contributed by atoms with Crippen LogP contribution in [0.25, 0.3) is 0 Å². The summed E-state index contributed by atoms with van der Waals surface area (Å²) in [7, 11) is 0. The van der Waals surface area contributed by atoms with Crippen molar-refractivity contribution in [1.82, 2.24) is 4.98 Å². The summed E-state index contributed by atoms with van der Waals surface area (Å²) in [5.74, 6) is 0.941. The highest BCUT2D eigenvalue weighted by molar-refractivity contribution is 7.15. The third kappa shape index (κ3) is 2.52. The first-order chi connectivity index (χ1) is 9.25. The maximum absolute atomic E-state index is 6.20. The molecule has 1 fully saturated rings. The molecule has 0 bridgehead atoms. The zero-order valence-electron chi connectivity index (χ0n) is 11.3. The van der Waals surface area contributed by atoms with E-state index in [2.05, 4.69) is 31.2 Å². The molecule has 1 aliphatic rings. The van der Waals surface area contributed by atoms with E-state index in [0.717, 1.165) is 10.7 Å². The highest BCUT2D eigenvalue weighted by Gasteiger charge is 2.24. The average Bonchev–Trinajstić information content (AvgIpc) is 3.08. The van der Waals surface area contributed by atoms with Crippen LogP contribution in [-0.4, -0.2) is 4.98 Å².